The molecule has 0 aromatic heterocycles. The van der Waals surface area contributed by atoms with E-state index in [0.29, 0.717) is 17.5 Å². The minimum absolute atomic E-state index is 0.0940. The number of hydrogen-bond donors (Lipinski definition) is 2. The predicted octanol–water partition coefficient (Wildman–Crippen LogP) is 2.81. The average Bonchev–Trinajstić information content (AvgIpc) is 3.57. The summed E-state index contributed by atoms with van der Waals surface area (Å²) in [5.41, 5.74) is 0.969. The number of amides is 1. The summed E-state index contributed by atoms with van der Waals surface area (Å²) >= 11 is 0. The first-order valence-corrected chi connectivity index (χ1v) is 10.5. The maximum Gasteiger partial charge on any atom is 0.261 e. The number of rotatable bonds is 7. The van der Waals surface area contributed by atoms with E-state index in [-0.39, 0.29) is 10.8 Å². The highest BCUT2D eigenvalue weighted by Crippen LogP contribution is 2.49. The van der Waals surface area contributed by atoms with Gasteiger partial charge in [0.15, 0.2) is 0 Å². The SMILES string of the molecule is COc1ccc(S(=O)(=O)Nc2ccc(C3(C(=O)NC4CC4)CC3)cc2)cc1. The molecule has 1 amide bonds. The van der Waals surface area contributed by atoms with Gasteiger partial charge < -0.3 is 10.1 Å². The van der Waals surface area contributed by atoms with E-state index in [9.17, 15) is 13.2 Å². The molecule has 0 radical (unpaired) electrons. The second kappa shape index (κ2) is 6.56. The third-order valence-electron chi connectivity index (χ3n) is 5.16. The summed E-state index contributed by atoms with van der Waals surface area (Å²) in [6, 6.07) is 13.6. The minimum Gasteiger partial charge on any atom is -0.497 e. The molecule has 0 heterocycles. The van der Waals surface area contributed by atoms with E-state index in [1.165, 1.54) is 19.2 Å². The van der Waals surface area contributed by atoms with E-state index in [4.69, 9.17) is 4.74 Å². The van der Waals surface area contributed by atoms with Crippen LogP contribution >= 0.6 is 0 Å². The van der Waals surface area contributed by atoms with Crippen molar-refractivity contribution >= 4 is 21.6 Å². The lowest BCUT2D eigenvalue weighted by Crippen LogP contribution is -2.36. The fourth-order valence-corrected chi connectivity index (χ4v) is 4.21. The van der Waals surface area contributed by atoms with Crippen molar-refractivity contribution in [2.75, 3.05) is 11.8 Å². The molecule has 2 saturated carbocycles. The van der Waals surface area contributed by atoms with Gasteiger partial charge in [-0.2, -0.15) is 0 Å². The molecule has 0 aliphatic heterocycles. The number of ether oxygens (including phenoxy) is 1. The van der Waals surface area contributed by atoms with Crippen molar-refractivity contribution in [3.05, 3.63) is 54.1 Å². The third kappa shape index (κ3) is 3.64. The molecule has 2 aromatic rings. The van der Waals surface area contributed by atoms with Crippen LogP contribution in [0.3, 0.4) is 0 Å². The van der Waals surface area contributed by atoms with Crippen molar-refractivity contribution < 1.29 is 17.9 Å². The van der Waals surface area contributed by atoms with Gasteiger partial charge in [-0.1, -0.05) is 12.1 Å². The van der Waals surface area contributed by atoms with E-state index in [0.717, 1.165) is 31.2 Å². The Kier molecular flexibility index (Phi) is 4.34. The number of nitrogens with one attached hydrogen (secondary N) is 2. The summed E-state index contributed by atoms with van der Waals surface area (Å²) in [7, 11) is -2.15. The normalized spacial score (nSPS) is 17.8. The lowest BCUT2D eigenvalue weighted by Gasteiger charge is -2.16. The highest BCUT2D eigenvalue weighted by Gasteiger charge is 2.52. The van der Waals surface area contributed by atoms with Crippen LogP contribution in [0.1, 0.15) is 31.2 Å². The highest BCUT2D eigenvalue weighted by atomic mass is 32.2. The third-order valence-corrected chi connectivity index (χ3v) is 6.55. The van der Waals surface area contributed by atoms with Crippen molar-refractivity contribution in [1.82, 2.24) is 5.32 Å². The number of benzene rings is 2. The van der Waals surface area contributed by atoms with Crippen LogP contribution in [0.4, 0.5) is 5.69 Å². The number of hydrogen-bond acceptors (Lipinski definition) is 4. The van der Waals surface area contributed by atoms with Crippen LogP contribution in [0.2, 0.25) is 0 Å². The molecule has 27 heavy (non-hydrogen) atoms. The van der Waals surface area contributed by atoms with Crippen LogP contribution in [0, 0.1) is 0 Å². The molecule has 0 bridgehead atoms. The molecule has 2 aliphatic carbocycles. The smallest absolute Gasteiger partial charge is 0.261 e. The minimum atomic E-state index is -3.68. The largest absolute Gasteiger partial charge is 0.497 e. The first-order chi connectivity index (χ1) is 12.9. The average molecular weight is 386 g/mol. The van der Waals surface area contributed by atoms with Gasteiger partial charge in [0.05, 0.1) is 17.4 Å². The number of methoxy groups -OCH3 is 1. The van der Waals surface area contributed by atoms with Crippen LogP contribution in [-0.2, 0) is 20.2 Å². The second-order valence-corrected chi connectivity index (χ2v) is 8.87. The highest BCUT2D eigenvalue weighted by molar-refractivity contribution is 7.92. The second-order valence-electron chi connectivity index (χ2n) is 7.19. The van der Waals surface area contributed by atoms with E-state index in [1.54, 1.807) is 24.3 Å². The first kappa shape index (κ1) is 17.9. The van der Waals surface area contributed by atoms with Crippen LogP contribution in [0.5, 0.6) is 5.75 Å². The predicted molar refractivity (Wildman–Crippen MR) is 102 cm³/mol. The molecule has 4 rings (SSSR count). The van der Waals surface area contributed by atoms with Gasteiger partial charge in [-0.15, -0.1) is 0 Å². The summed E-state index contributed by atoms with van der Waals surface area (Å²) in [5.74, 6) is 0.689. The first-order valence-electron chi connectivity index (χ1n) is 9.01. The molecule has 2 aliphatic rings. The van der Waals surface area contributed by atoms with Gasteiger partial charge in [-0.3, -0.25) is 9.52 Å². The summed E-state index contributed by atoms with van der Waals surface area (Å²) in [4.78, 5) is 12.7. The Bertz CT molecular complexity index is 944. The Hall–Kier alpha value is -2.54. The molecule has 0 saturated heterocycles. The zero-order valence-corrected chi connectivity index (χ0v) is 15.9. The molecule has 0 unspecified atom stereocenters. The van der Waals surface area contributed by atoms with Gasteiger partial charge in [0.1, 0.15) is 5.75 Å². The van der Waals surface area contributed by atoms with Gasteiger partial charge in [-0.05, 0) is 67.6 Å². The van der Waals surface area contributed by atoms with E-state index in [1.807, 2.05) is 12.1 Å². The standard InChI is InChI=1S/C20H22N2O4S/c1-26-17-8-10-18(11-9-17)27(24,25)22-16-4-2-14(3-5-16)20(12-13-20)19(23)21-15-6-7-15/h2-5,8-11,15,22H,6-7,12-13H2,1H3,(H,21,23). The molecule has 142 valence electrons. The van der Waals surface area contributed by atoms with Crippen molar-refractivity contribution in [2.45, 2.75) is 42.0 Å². The molecule has 0 spiro atoms. The van der Waals surface area contributed by atoms with E-state index < -0.39 is 15.4 Å². The van der Waals surface area contributed by atoms with Gasteiger partial charge in [0.2, 0.25) is 5.91 Å². The number of carbonyl (C=O) groups is 1. The van der Waals surface area contributed by atoms with Crippen LogP contribution in [-0.4, -0.2) is 27.5 Å². The Labute approximate surface area is 159 Å². The van der Waals surface area contributed by atoms with Crippen LogP contribution in [0.25, 0.3) is 0 Å². The summed E-state index contributed by atoms with van der Waals surface area (Å²) in [6.07, 6.45) is 3.80. The lowest BCUT2D eigenvalue weighted by molar-refractivity contribution is -0.123. The molecule has 2 N–H and O–H groups in total. The fourth-order valence-electron chi connectivity index (χ4n) is 3.15. The number of sulfonamides is 1. The van der Waals surface area contributed by atoms with Crippen molar-refractivity contribution in [3.63, 3.8) is 0 Å². The molecule has 0 atom stereocenters. The molecule has 2 aromatic carbocycles. The zero-order valence-electron chi connectivity index (χ0n) is 15.1. The van der Waals surface area contributed by atoms with Crippen molar-refractivity contribution in [3.8, 4) is 5.75 Å². The maximum atomic E-state index is 12.5. The summed E-state index contributed by atoms with van der Waals surface area (Å²) < 4.78 is 32.7. The van der Waals surface area contributed by atoms with Gasteiger partial charge >= 0.3 is 0 Å². The van der Waals surface area contributed by atoms with E-state index >= 15 is 0 Å². The lowest BCUT2D eigenvalue weighted by atomic mass is 9.95. The van der Waals surface area contributed by atoms with Gasteiger partial charge in [0.25, 0.3) is 10.0 Å². The molecule has 2 fully saturated rings. The van der Waals surface area contributed by atoms with Gasteiger partial charge in [0, 0.05) is 11.7 Å². The van der Waals surface area contributed by atoms with Crippen LogP contribution in [0.15, 0.2) is 53.4 Å². The molecular formula is C20H22N2O4S. The van der Waals surface area contributed by atoms with Crippen molar-refractivity contribution in [1.29, 1.82) is 0 Å². The number of carbonyl (C=O) groups excluding carboxylic acids is 1. The Balaban J connectivity index is 1.48. The van der Waals surface area contributed by atoms with E-state index in [2.05, 4.69) is 10.0 Å². The quantitative estimate of drug-likeness (QED) is 0.766. The fraction of sp³-hybridized carbons (Fsp3) is 0.350. The topological polar surface area (TPSA) is 84.5 Å². The summed E-state index contributed by atoms with van der Waals surface area (Å²) in [5, 5.41) is 3.08. The molecular weight excluding hydrogens is 364 g/mol. The molecule has 7 heteroatoms. The summed E-state index contributed by atoms with van der Waals surface area (Å²) in [6.45, 7) is 0. The van der Waals surface area contributed by atoms with Gasteiger partial charge in [-0.25, -0.2) is 8.42 Å². The van der Waals surface area contributed by atoms with Crippen molar-refractivity contribution in [2.24, 2.45) is 0 Å². The molecule has 6 nitrogen and oxygen atoms in total. The maximum absolute atomic E-state index is 12.5. The Morgan fingerprint density at radius 1 is 1.04 bits per heavy atom. The Morgan fingerprint density at radius 2 is 1.67 bits per heavy atom. The van der Waals surface area contributed by atoms with Crippen LogP contribution < -0.4 is 14.8 Å². The Morgan fingerprint density at radius 3 is 2.19 bits per heavy atom. The number of anilines is 1. The monoisotopic (exact) mass is 386 g/mol. The zero-order chi connectivity index (χ0) is 19.1.